The molecule has 1 aliphatic rings. The van der Waals surface area contributed by atoms with Gasteiger partial charge >= 0.3 is 0 Å². The number of hydrogen-bond donors (Lipinski definition) is 1. The molecule has 0 bridgehead atoms. The second-order valence-electron chi connectivity index (χ2n) is 4.82. The van der Waals surface area contributed by atoms with E-state index in [4.69, 9.17) is 0 Å². The third-order valence-corrected chi connectivity index (χ3v) is 3.51. The highest BCUT2D eigenvalue weighted by molar-refractivity contribution is 5.02. The van der Waals surface area contributed by atoms with Gasteiger partial charge in [-0.2, -0.15) is 5.10 Å². The van der Waals surface area contributed by atoms with Crippen LogP contribution in [0.4, 0.5) is 0 Å². The fraction of sp³-hybridized carbons (Fsp3) is 0.769. The van der Waals surface area contributed by atoms with Crippen molar-refractivity contribution in [3.8, 4) is 0 Å². The minimum absolute atomic E-state index is 0.713. The van der Waals surface area contributed by atoms with Crippen LogP contribution in [0.25, 0.3) is 0 Å². The van der Waals surface area contributed by atoms with Crippen LogP contribution in [0.5, 0.6) is 0 Å². The number of nitrogens with one attached hydrogen (secondary N) is 1. The summed E-state index contributed by atoms with van der Waals surface area (Å²) in [6, 6.07) is 2.87. The number of hydrogen-bond acceptors (Lipinski definition) is 2. The molecule has 3 nitrogen and oxygen atoms in total. The predicted molar refractivity (Wildman–Crippen MR) is 66.4 cm³/mol. The van der Waals surface area contributed by atoms with Gasteiger partial charge in [-0.3, -0.25) is 4.68 Å². The fourth-order valence-electron chi connectivity index (χ4n) is 2.40. The van der Waals surface area contributed by atoms with Crippen molar-refractivity contribution in [2.24, 2.45) is 5.92 Å². The van der Waals surface area contributed by atoms with Crippen molar-refractivity contribution in [2.45, 2.75) is 51.6 Å². The van der Waals surface area contributed by atoms with Gasteiger partial charge < -0.3 is 5.32 Å². The second-order valence-corrected chi connectivity index (χ2v) is 4.82. The fourth-order valence-corrected chi connectivity index (χ4v) is 2.40. The molecular formula is C13H23N3. The lowest BCUT2D eigenvalue weighted by Gasteiger charge is -2.15. The van der Waals surface area contributed by atoms with Crippen LogP contribution < -0.4 is 5.32 Å². The van der Waals surface area contributed by atoms with Gasteiger partial charge in [-0.15, -0.1) is 0 Å². The lowest BCUT2D eigenvalue weighted by atomic mass is 10.1. The minimum atomic E-state index is 0.713. The minimum Gasteiger partial charge on any atom is -0.317 e. The third kappa shape index (κ3) is 2.85. The van der Waals surface area contributed by atoms with E-state index in [0.717, 1.165) is 25.3 Å². The van der Waals surface area contributed by atoms with Crippen molar-refractivity contribution in [1.29, 1.82) is 0 Å². The molecule has 0 spiro atoms. The molecule has 90 valence electrons. The SMILES string of the molecule is CCCn1nccc1CCC(NC)C1CC1. The highest BCUT2D eigenvalue weighted by Gasteiger charge is 2.29. The van der Waals surface area contributed by atoms with Crippen molar-refractivity contribution >= 4 is 0 Å². The Morgan fingerprint density at radius 2 is 2.38 bits per heavy atom. The van der Waals surface area contributed by atoms with Crippen LogP contribution >= 0.6 is 0 Å². The Kier molecular flexibility index (Phi) is 3.99. The van der Waals surface area contributed by atoms with Crippen LogP contribution in [0, 0.1) is 5.92 Å². The summed E-state index contributed by atoms with van der Waals surface area (Å²) in [5.74, 6) is 0.938. The van der Waals surface area contributed by atoms with Crippen LogP contribution in [0.1, 0.15) is 38.3 Å². The van der Waals surface area contributed by atoms with Crippen molar-refractivity contribution in [3.63, 3.8) is 0 Å². The van der Waals surface area contributed by atoms with Gasteiger partial charge in [0.15, 0.2) is 0 Å². The Bertz CT molecular complexity index is 315. The topological polar surface area (TPSA) is 29.9 Å². The summed E-state index contributed by atoms with van der Waals surface area (Å²) in [4.78, 5) is 0. The Hall–Kier alpha value is -0.830. The van der Waals surface area contributed by atoms with Gasteiger partial charge in [-0.05, 0) is 51.1 Å². The highest BCUT2D eigenvalue weighted by Crippen LogP contribution is 2.34. The molecule has 1 saturated carbocycles. The first-order valence-electron chi connectivity index (χ1n) is 6.53. The van der Waals surface area contributed by atoms with Crippen LogP contribution in [0.3, 0.4) is 0 Å². The normalized spacial score (nSPS) is 17.6. The van der Waals surface area contributed by atoms with E-state index in [9.17, 15) is 0 Å². The van der Waals surface area contributed by atoms with E-state index < -0.39 is 0 Å². The van der Waals surface area contributed by atoms with Crippen LogP contribution in [0.15, 0.2) is 12.3 Å². The molecule has 3 heteroatoms. The third-order valence-electron chi connectivity index (χ3n) is 3.51. The Labute approximate surface area is 98.2 Å². The zero-order chi connectivity index (χ0) is 11.4. The average molecular weight is 221 g/mol. The second kappa shape index (κ2) is 5.48. The molecule has 16 heavy (non-hydrogen) atoms. The van der Waals surface area contributed by atoms with Gasteiger partial charge in [-0.25, -0.2) is 0 Å². The van der Waals surface area contributed by atoms with E-state index in [0.29, 0.717) is 6.04 Å². The summed E-state index contributed by atoms with van der Waals surface area (Å²) in [6.45, 7) is 3.25. The lowest BCUT2D eigenvalue weighted by molar-refractivity contribution is 0.458. The first-order valence-corrected chi connectivity index (χ1v) is 6.53. The van der Waals surface area contributed by atoms with E-state index in [2.05, 4.69) is 35.1 Å². The molecule has 2 rings (SSSR count). The molecule has 1 fully saturated rings. The molecule has 0 aromatic carbocycles. The zero-order valence-electron chi connectivity index (χ0n) is 10.4. The molecule has 1 aromatic heterocycles. The number of aryl methyl sites for hydroxylation is 2. The maximum absolute atomic E-state index is 4.37. The molecule has 1 N–H and O–H groups in total. The van der Waals surface area contributed by atoms with Crippen molar-refractivity contribution in [2.75, 3.05) is 7.05 Å². The molecule has 0 amide bonds. The molecule has 1 atom stereocenters. The maximum Gasteiger partial charge on any atom is 0.0492 e. The van der Waals surface area contributed by atoms with Gasteiger partial charge in [0, 0.05) is 24.5 Å². The van der Waals surface area contributed by atoms with E-state index in [1.165, 1.54) is 25.0 Å². The summed E-state index contributed by atoms with van der Waals surface area (Å²) >= 11 is 0. The largest absolute Gasteiger partial charge is 0.317 e. The maximum atomic E-state index is 4.37. The van der Waals surface area contributed by atoms with Crippen molar-refractivity contribution in [1.82, 2.24) is 15.1 Å². The number of aromatic nitrogens is 2. The quantitative estimate of drug-likeness (QED) is 0.765. The zero-order valence-corrected chi connectivity index (χ0v) is 10.4. The number of rotatable bonds is 7. The van der Waals surface area contributed by atoms with Gasteiger partial charge in [0.05, 0.1) is 0 Å². The molecule has 1 heterocycles. The van der Waals surface area contributed by atoms with Gasteiger partial charge in [0.25, 0.3) is 0 Å². The molecule has 0 radical (unpaired) electrons. The summed E-state index contributed by atoms with van der Waals surface area (Å²) in [5, 5.41) is 7.81. The van der Waals surface area contributed by atoms with Crippen LogP contribution in [-0.2, 0) is 13.0 Å². The Balaban J connectivity index is 1.85. The molecule has 0 aliphatic heterocycles. The van der Waals surface area contributed by atoms with Crippen LogP contribution in [0.2, 0.25) is 0 Å². The van der Waals surface area contributed by atoms with Crippen molar-refractivity contribution < 1.29 is 0 Å². The molecule has 1 aliphatic carbocycles. The number of nitrogens with zero attached hydrogens (tertiary/aromatic N) is 2. The van der Waals surface area contributed by atoms with Crippen LogP contribution in [-0.4, -0.2) is 22.9 Å². The lowest BCUT2D eigenvalue weighted by Crippen LogP contribution is -2.28. The Morgan fingerprint density at radius 1 is 1.56 bits per heavy atom. The van der Waals surface area contributed by atoms with Gasteiger partial charge in [-0.1, -0.05) is 6.92 Å². The van der Waals surface area contributed by atoms with Gasteiger partial charge in [0.1, 0.15) is 0 Å². The molecular weight excluding hydrogens is 198 g/mol. The molecule has 1 aromatic rings. The first-order chi connectivity index (χ1) is 7.85. The standard InChI is InChI=1S/C13H23N3/c1-3-10-16-12(8-9-15-16)6-7-13(14-2)11-4-5-11/h8-9,11,13-14H,3-7,10H2,1-2H3. The summed E-state index contributed by atoms with van der Waals surface area (Å²) in [7, 11) is 2.09. The van der Waals surface area contributed by atoms with E-state index in [1.54, 1.807) is 0 Å². The van der Waals surface area contributed by atoms with E-state index in [-0.39, 0.29) is 0 Å². The summed E-state index contributed by atoms with van der Waals surface area (Å²) < 4.78 is 2.15. The molecule has 1 unspecified atom stereocenters. The van der Waals surface area contributed by atoms with E-state index in [1.807, 2.05) is 6.20 Å². The van der Waals surface area contributed by atoms with Gasteiger partial charge in [0.2, 0.25) is 0 Å². The van der Waals surface area contributed by atoms with Crippen molar-refractivity contribution in [3.05, 3.63) is 18.0 Å². The predicted octanol–water partition coefficient (Wildman–Crippen LogP) is 2.22. The first kappa shape index (κ1) is 11.6. The highest BCUT2D eigenvalue weighted by atomic mass is 15.3. The smallest absolute Gasteiger partial charge is 0.0492 e. The average Bonchev–Trinajstić information content (AvgIpc) is 3.03. The monoisotopic (exact) mass is 221 g/mol. The molecule has 0 saturated heterocycles. The summed E-state index contributed by atoms with van der Waals surface area (Å²) in [5.41, 5.74) is 1.39. The Morgan fingerprint density at radius 3 is 3.00 bits per heavy atom. The van der Waals surface area contributed by atoms with E-state index >= 15 is 0 Å². The summed E-state index contributed by atoms with van der Waals surface area (Å²) in [6.07, 6.45) is 8.32.